The molecule has 1 unspecified atom stereocenters. The Kier molecular flexibility index (Phi) is 7.28. The van der Waals surface area contributed by atoms with Crippen molar-refractivity contribution in [2.24, 2.45) is 4.99 Å². The SMILES string of the molecule is CCNC(=NCCn1cnnc1CC)NC(C)c1cccc(N2CCCC2)c1. The zero-order valence-electron chi connectivity index (χ0n) is 17.4. The highest BCUT2D eigenvalue weighted by molar-refractivity contribution is 5.80. The first-order chi connectivity index (χ1) is 13.7. The third-order valence-corrected chi connectivity index (χ3v) is 5.16. The summed E-state index contributed by atoms with van der Waals surface area (Å²) in [6.07, 6.45) is 5.25. The monoisotopic (exact) mass is 383 g/mol. The van der Waals surface area contributed by atoms with E-state index in [0.717, 1.165) is 44.4 Å². The average Bonchev–Trinajstić information content (AvgIpc) is 3.40. The first-order valence-corrected chi connectivity index (χ1v) is 10.5. The second-order valence-corrected chi connectivity index (χ2v) is 7.21. The zero-order chi connectivity index (χ0) is 19.8. The Balaban J connectivity index is 1.62. The van der Waals surface area contributed by atoms with Crippen LogP contribution in [0.1, 0.15) is 51.0 Å². The fourth-order valence-corrected chi connectivity index (χ4v) is 3.58. The summed E-state index contributed by atoms with van der Waals surface area (Å²) in [6.45, 7) is 11.0. The summed E-state index contributed by atoms with van der Waals surface area (Å²) >= 11 is 0. The molecule has 0 amide bonds. The molecule has 0 aliphatic carbocycles. The second-order valence-electron chi connectivity index (χ2n) is 7.21. The van der Waals surface area contributed by atoms with Crippen molar-refractivity contribution in [3.63, 3.8) is 0 Å². The van der Waals surface area contributed by atoms with Crippen LogP contribution in [0.3, 0.4) is 0 Å². The van der Waals surface area contributed by atoms with Crippen molar-refractivity contribution in [1.29, 1.82) is 0 Å². The van der Waals surface area contributed by atoms with Crippen LogP contribution in [0.5, 0.6) is 0 Å². The third kappa shape index (κ3) is 5.24. The topological polar surface area (TPSA) is 70.4 Å². The third-order valence-electron chi connectivity index (χ3n) is 5.16. The molecule has 1 fully saturated rings. The molecule has 0 bridgehead atoms. The van der Waals surface area contributed by atoms with Crippen molar-refractivity contribution < 1.29 is 0 Å². The Morgan fingerprint density at radius 1 is 1.25 bits per heavy atom. The molecule has 3 rings (SSSR count). The van der Waals surface area contributed by atoms with Crippen LogP contribution in [0.25, 0.3) is 0 Å². The molecule has 0 spiro atoms. The molecule has 1 aromatic carbocycles. The van der Waals surface area contributed by atoms with Crippen molar-refractivity contribution in [1.82, 2.24) is 25.4 Å². The van der Waals surface area contributed by atoms with E-state index < -0.39 is 0 Å². The molecule has 1 aliphatic heterocycles. The number of anilines is 1. The number of hydrogen-bond acceptors (Lipinski definition) is 4. The van der Waals surface area contributed by atoms with Gasteiger partial charge in [-0.25, -0.2) is 0 Å². The molecule has 0 saturated carbocycles. The molecule has 7 heteroatoms. The molecule has 1 atom stereocenters. The summed E-state index contributed by atoms with van der Waals surface area (Å²) in [4.78, 5) is 7.21. The largest absolute Gasteiger partial charge is 0.372 e. The first-order valence-electron chi connectivity index (χ1n) is 10.5. The van der Waals surface area contributed by atoms with E-state index in [1.54, 1.807) is 6.33 Å². The summed E-state index contributed by atoms with van der Waals surface area (Å²) in [5, 5.41) is 15.0. The molecular weight excluding hydrogens is 350 g/mol. The Hall–Kier alpha value is -2.57. The highest BCUT2D eigenvalue weighted by atomic mass is 15.3. The highest BCUT2D eigenvalue weighted by Gasteiger charge is 2.14. The summed E-state index contributed by atoms with van der Waals surface area (Å²) < 4.78 is 2.07. The standard InChI is InChI=1S/C21H33N7/c1-4-20-26-24-16-28(20)14-11-23-21(22-5-2)25-17(3)18-9-8-10-19(15-18)27-12-6-7-13-27/h8-10,15-17H,4-7,11-14H2,1-3H3,(H2,22,23,25). The fourth-order valence-electron chi connectivity index (χ4n) is 3.58. The number of benzene rings is 1. The Labute approximate surface area is 168 Å². The van der Waals surface area contributed by atoms with Gasteiger partial charge in [-0.2, -0.15) is 0 Å². The quantitative estimate of drug-likeness (QED) is 0.542. The van der Waals surface area contributed by atoms with Gasteiger partial charge in [-0.15, -0.1) is 10.2 Å². The normalized spacial score (nSPS) is 15.7. The van der Waals surface area contributed by atoms with E-state index in [9.17, 15) is 0 Å². The van der Waals surface area contributed by atoms with Gasteiger partial charge in [0.2, 0.25) is 0 Å². The zero-order valence-corrected chi connectivity index (χ0v) is 17.4. The molecule has 28 heavy (non-hydrogen) atoms. The minimum Gasteiger partial charge on any atom is -0.372 e. The number of aryl methyl sites for hydroxylation is 1. The van der Waals surface area contributed by atoms with E-state index in [0.29, 0.717) is 6.54 Å². The van der Waals surface area contributed by atoms with Gasteiger partial charge in [-0.05, 0) is 44.4 Å². The van der Waals surface area contributed by atoms with E-state index in [1.165, 1.54) is 24.1 Å². The van der Waals surface area contributed by atoms with Crippen LogP contribution in [-0.4, -0.2) is 46.9 Å². The van der Waals surface area contributed by atoms with Crippen LogP contribution >= 0.6 is 0 Å². The van der Waals surface area contributed by atoms with Gasteiger partial charge in [0.25, 0.3) is 0 Å². The summed E-state index contributed by atoms with van der Waals surface area (Å²) in [6, 6.07) is 9.04. The summed E-state index contributed by atoms with van der Waals surface area (Å²) in [7, 11) is 0. The second kappa shape index (κ2) is 10.1. The Bertz CT molecular complexity index is 762. The van der Waals surface area contributed by atoms with Crippen molar-refractivity contribution in [3.05, 3.63) is 42.0 Å². The van der Waals surface area contributed by atoms with Crippen molar-refractivity contribution >= 4 is 11.6 Å². The van der Waals surface area contributed by atoms with Gasteiger partial charge in [0.05, 0.1) is 12.6 Å². The van der Waals surface area contributed by atoms with E-state index in [4.69, 9.17) is 4.99 Å². The number of aliphatic imine (C=N–C) groups is 1. The number of aromatic nitrogens is 3. The van der Waals surface area contributed by atoms with Gasteiger partial charge in [0.15, 0.2) is 5.96 Å². The number of hydrogen-bond donors (Lipinski definition) is 2. The Morgan fingerprint density at radius 3 is 2.82 bits per heavy atom. The fraction of sp³-hybridized carbons (Fsp3) is 0.571. The molecule has 2 N–H and O–H groups in total. The minimum atomic E-state index is 0.182. The molecule has 2 aromatic rings. The van der Waals surface area contributed by atoms with Crippen LogP contribution in [0, 0.1) is 0 Å². The van der Waals surface area contributed by atoms with Crippen LogP contribution < -0.4 is 15.5 Å². The first kappa shape index (κ1) is 20.2. The molecule has 0 radical (unpaired) electrons. The lowest BCUT2D eigenvalue weighted by molar-refractivity contribution is 0.649. The molecular formula is C21H33N7. The van der Waals surface area contributed by atoms with Gasteiger partial charge in [-0.3, -0.25) is 4.99 Å². The maximum atomic E-state index is 4.74. The van der Waals surface area contributed by atoms with Crippen molar-refractivity contribution in [3.8, 4) is 0 Å². The van der Waals surface area contributed by atoms with Crippen molar-refractivity contribution in [2.45, 2.75) is 52.6 Å². The predicted octanol–water partition coefficient (Wildman–Crippen LogP) is 2.76. The van der Waals surface area contributed by atoms with Gasteiger partial charge < -0.3 is 20.1 Å². The number of rotatable bonds is 8. The summed E-state index contributed by atoms with van der Waals surface area (Å²) in [5.74, 6) is 1.84. The average molecular weight is 384 g/mol. The molecule has 7 nitrogen and oxygen atoms in total. The molecule has 152 valence electrons. The van der Waals surface area contributed by atoms with Crippen molar-refractivity contribution in [2.75, 3.05) is 31.1 Å². The number of guanidine groups is 1. The van der Waals surface area contributed by atoms with E-state index in [2.05, 4.69) is 75.3 Å². The smallest absolute Gasteiger partial charge is 0.191 e. The van der Waals surface area contributed by atoms with E-state index in [1.807, 2.05) is 0 Å². The van der Waals surface area contributed by atoms with Gasteiger partial charge in [-0.1, -0.05) is 19.1 Å². The maximum absolute atomic E-state index is 4.74. The van der Waals surface area contributed by atoms with Gasteiger partial charge in [0.1, 0.15) is 12.2 Å². The van der Waals surface area contributed by atoms with E-state index in [-0.39, 0.29) is 6.04 Å². The van der Waals surface area contributed by atoms with Gasteiger partial charge >= 0.3 is 0 Å². The number of nitrogens with zero attached hydrogens (tertiary/aromatic N) is 5. The van der Waals surface area contributed by atoms with E-state index >= 15 is 0 Å². The maximum Gasteiger partial charge on any atom is 0.191 e. The lowest BCUT2D eigenvalue weighted by Gasteiger charge is -2.22. The minimum absolute atomic E-state index is 0.182. The van der Waals surface area contributed by atoms with Gasteiger partial charge in [0, 0.05) is 38.3 Å². The molecule has 1 aliphatic rings. The Morgan fingerprint density at radius 2 is 2.07 bits per heavy atom. The highest BCUT2D eigenvalue weighted by Crippen LogP contribution is 2.23. The molecule has 1 aromatic heterocycles. The lowest BCUT2D eigenvalue weighted by Crippen LogP contribution is -2.39. The van der Waals surface area contributed by atoms with Crippen LogP contribution in [-0.2, 0) is 13.0 Å². The lowest BCUT2D eigenvalue weighted by atomic mass is 10.1. The number of nitrogens with one attached hydrogen (secondary N) is 2. The molecule has 2 heterocycles. The van der Waals surface area contributed by atoms with Crippen LogP contribution in [0.15, 0.2) is 35.6 Å². The van der Waals surface area contributed by atoms with Crippen LogP contribution in [0.2, 0.25) is 0 Å². The predicted molar refractivity (Wildman–Crippen MR) is 115 cm³/mol. The summed E-state index contributed by atoms with van der Waals surface area (Å²) in [5.41, 5.74) is 2.60. The van der Waals surface area contributed by atoms with Crippen LogP contribution in [0.4, 0.5) is 5.69 Å². The molecule has 1 saturated heterocycles.